The van der Waals surface area contributed by atoms with Crippen LogP contribution in [-0.2, 0) is 9.59 Å². The third-order valence-corrected chi connectivity index (χ3v) is 5.91. The van der Waals surface area contributed by atoms with Gasteiger partial charge in [-0.05, 0) is 31.2 Å². The molecule has 2 aliphatic heterocycles. The van der Waals surface area contributed by atoms with E-state index in [1.807, 2.05) is 28.0 Å². The van der Waals surface area contributed by atoms with Crippen LogP contribution in [0.5, 0.6) is 0 Å². The Balaban J connectivity index is 1.40. The van der Waals surface area contributed by atoms with Gasteiger partial charge in [0.15, 0.2) is 0 Å². The molecule has 2 amide bonds. The second-order valence-corrected chi connectivity index (χ2v) is 7.82. The van der Waals surface area contributed by atoms with Crippen LogP contribution < -0.4 is 5.73 Å². The second-order valence-electron chi connectivity index (χ2n) is 7.82. The van der Waals surface area contributed by atoms with Crippen LogP contribution in [0, 0.1) is 11.8 Å². The van der Waals surface area contributed by atoms with E-state index < -0.39 is 0 Å². The lowest BCUT2D eigenvalue weighted by Crippen LogP contribution is -2.47. The highest BCUT2D eigenvalue weighted by Crippen LogP contribution is 2.33. The molecule has 5 nitrogen and oxygen atoms in total. The number of nitrogens with zero attached hydrogens (tertiary/aromatic N) is 2. The minimum absolute atomic E-state index is 0.0147. The average Bonchev–Trinajstić information content (AvgIpc) is 3.43. The van der Waals surface area contributed by atoms with E-state index in [1.165, 1.54) is 5.56 Å². The molecule has 1 aromatic carbocycles. The number of benzene rings is 1. The Bertz CT molecular complexity index is 644. The molecule has 2 heterocycles. The summed E-state index contributed by atoms with van der Waals surface area (Å²) < 4.78 is 0. The fraction of sp³-hybridized carbons (Fsp3) is 0.600. The lowest BCUT2D eigenvalue weighted by molar-refractivity contribution is -0.140. The summed E-state index contributed by atoms with van der Waals surface area (Å²) in [7, 11) is 0. The highest BCUT2D eigenvalue weighted by atomic mass is 16.2. The summed E-state index contributed by atoms with van der Waals surface area (Å²) >= 11 is 0. The van der Waals surface area contributed by atoms with Crippen LogP contribution in [0.3, 0.4) is 0 Å². The molecule has 0 radical (unpaired) electrons. The van der Waals surface area contributed by atoms with Crippen molar-refractivity contribution in [1.82, 2.24) is 9.80 Å². The van der Waals surface area contributed by atoms with Crippen LogP contribution in [0.25, 0.3) is 0 Å². The predicted octanol–water partition coefficient (Wildman–Crippen LogP) is 1.59. The summed E-state index contributed by atoms with van der Waals surface area (Å²) in [5.41, 5.74) is 7.54. The SMILES string of the molecule is N[C@@H]1CN(C(=O)C2CCCN(C(=O)C3CC3)C2)C[C@H]1c1ccccc1. The highest BCUT2D eigenvalue weighted by Gasteiger charge is 2.40. The van der Waals surface area contributed by atoms with Crippen LogP contribution in [0.2, 0.25) is 0 Å². The van der Waals surface area contributed by atoms with Crippen molar-refractivity contribution in [1.29, 1.82) is 0 Å². The third kappa shape index (κ3) is 3.43. The molecule has 1 aliphatic carbocycles. The lowest BCUT2D eigenvalue weighted by atomic mass is 9.95. The molecule has 1 aromatic rings. The Morgan fingerprint density at radius 2 is 1.60 bits per heavy atom. The van der Waals surface area contributed by atoms with Crippen molar-refractivity contribution >= 4 is 11.8 Å². The van der Waals surface area contributed by atoms with Crippen molar-refractivity contribution in [3.8, 4) is 0 Å². The third-order valence-electron chi connectivity index (χ3n) is 5.91. The van der Waals surface area contributed by atoms with Crippen LogP contribution in [-0.4, -0.2) is 53.8 Å². The Hall–Kier alpha value is -1.88. The molecule has 2 N–H and O–H groups in total. The number of nitrogens with two attached hydrogens (primary N) is 1. The van der Waals surface area contributed by atoms with E-state index in [0.29, 0.717) is 19.6 Å². The molecular formula is C20H27N3O2. The van der Waals surface area contributed by atoms with E-state index in [1.54, 1.807) is 0 Å². The Morgan fingerprint density at radius 3 is 2.32 bits per heavy atom. The predicted molar refractivity (Wildman–Crippen MR) is 95.8 cm³/mol. The maximum atomic E-state index is 13.0. The Kier molecular flexibility index (Phi) is 4.50. The van der Waals surface area contributed by atoms with Crippen molar-refractivity contribution < 1.29 is 9.59 Å². The largest absolute Gasteiger partial charge is 0.342 e. The maximum absolute atomic E-state index is 13.0. The number of carbonyl (C=O) groups is 2. The molecule has 0 spiro atoms. The number of amides is 2. The van der Waals surface area contributed by atoms with E-state index in [-0.39, 0.29) is 35.6 Å². The van der Waals surface area contributed by atoms with Gasteiger partial charge in [-0.15, -0.1) is 0 Å². The molecule has 5 heteroatoms. The molecule has 3 aliphatic rings. The van der Waals surface area contributed by atoms with Gasteiger partial charge in [0.25, 0.3) is 0 Å². The molecule has 1 unspecified atom stereocenters. The number of piperidine rings is 1. The molecule has 134 valence electrons. The number of carbonyl (C=O) groups excluding carboxylic acids is 2. The van der Waals surface area contributed by atoms with Crippen LogP contribution in [0.15, 0.2) is 30.3 Å². The summed E-state index contributed by atoms with van der Waals surface area (Å²) in [6.07, 6.45) is 3.85. The Morgan fingerprint density at radius 1 is 0.880 bits per heavy atom. The fourth-order valence-electron chi connectivity index (χ4n) is 4.29. The number of rotatable bonds is 3. The van der Waals surface area contributed by atoms with Gasteiger partial charge < -0.3 is 15.5 Å². The van der Waals surface area contributed by atoms with Gasteiger partial charge in [-0.25, -0.2) is 0 Å². The van der Waals surface area contributed by atoms with Gasteiger partial charge in [-0.2, -0.15) is 0 Å². The van der Waals surface area contributed by atoms with Gasteiger partial charge in [-0.3, -0.25) is 9.59 Å². The molecule has 1 saturated carbocycles. The number of hydrogen-bond donors (Lipinski definition) is 1. The van der Waals surface area contributed by atoms with E-state index in [0.717, 1.165) is 32.2 Å². The zero-order valence-corrected chi connectivity index (χ0v) is 14.6. The van der Waals surface area contributed by atoms with Crippen molar-refractivity contribution in [2.24, 2.45) is 17.6 Å². The summed E-state index contributed by atoms with van der Waals surface area (Å²) in [5.74, 6) is 0.826. The van der Waals surface area contributed by atoms with Crippen molar-refractivity contribution in [3.63, 3.8) is 0 Å². The summed E-state index contributed by atoms with van der Waals surface area (Å²) in [5, 5.41) is 0. The Labute approximate surface area is 149 Å². The second kappa shape index (κ2) is 6.79. The highest BCUT2D eigenvalue weighted by molar-refractivity contribution is 5.83. The molecule has 0 aromatic heterocycles. The van der Waals surface area contributed by atoms with Crippen LogP contribution in [0.1, 0.15) is 37.2 Å². The lowest BCUT2D eigenvalue weighted by Gasteiger charge is -2.34. The summed E-state index contributed by atoms with van der Waals surface area (Å²) in [6, 6.07) is 10.2. The number of likely N-dealkylation sites (tertiary alicyclic amines) is 2. The van der Waals surface area contributed by atoms with E-state index in [9.17, 15) is 9.59 Å². The first-order valence-corrected chi connectivity index (χ1v) is 9.51. The minimum Gasteiger partial charge on any atom is -0.342 e. The maximum Gasteiger partial charge on any atom is 0.227 e. The molecule has 4 rings (SSSR count). The zero-order valence-electron chi connectivity index (χ0n) is 14.6. The number of hydrogen-bond acceptors (Lipinski definition) is 3. The fourth-order valence-corrected chi connectivity index (χ4v) is 4.29. The standard InChI is InChI=1S/C20H27N3O2/c21-18-13-23(12-17(18)14-5-2-1-3-6-14)20(25)16-7-4-10-22(11-16)19(24)15-8-9-15/h1-3,5-6,15-18H,4,7-13,21H2/t16?,17-,18+/m0/s1. The monoisotopic (exact) mass is 341 g/mol. The first kappa shape index (κ1) is 16.6. The normalized spacial score (nSPS) is 29.7. The van der Waals surface area contributed by atoms with E-state index in [4.69, 9.17) is 5.73 Å². The average molecular weight is 341 g/mol. The van der Waals surface area contributed by atoms with Crippen molar-refractivity contribution in [2.45, 2.75) is 37.6 Å². The van der Waals surface area contributed by atoms with E-state index in [2.05, 4.69) is 12.1 Å². The van der Waals surface area contributed by atoms with Gasteiger partial charge in [-0.1, -0.05) is 30.3 Å². The van der Waals surface area contributed by atoms with Gasteiger partial charge in [0.05, 0.1) is 5.92 Å². The van der Waals surface area contributed by atoms with Crippen molar-refractivity contribution in [3.05, 3.63) is 35.9 Å². The van der Waals surface area contributed by atoms with Crippen LogP contribution in [0.4, 0.5) is 0 Å². The molecule has 25 heavy (non-hydrogen) atoms. The molecule has 2 saturated heterocycles. The van der Waals surface area contributed by atoms with Crippen LogP contribution >= 0.6 is 0 Å². The molecular weight excluding hydrogens is 314 g/mol. The molecule has 3 fully saturated rings. The first-order valence-electron chi connectivity index (χ1n) is 9.51. The topological polar surface area (TPSA) is 66.6 Å². The quantitative estimate of drug-likeness (QED) is 0.908. The van der Waals surface area contributed by atoms with Gasteiger partial charge in [0, 0.05) is 44.1 Å². The molecule has 3 atom stereocenters. The van der Waals surface area contributed by atoms with Crippen molar-refractivity contribution in [2.75, 3.05) is 26.2 Å². The summed E-state index contributed by atoms with van der Waals surface area (Å²) in [4.78, 5) is 29.2. The van der Waals surface area contributed by atoms with Gasteiger partial charge in [0.1, 0.15) is 0 Å². The zero-order chi connectivity index (χ0) is 17.4. The van der Waals surface area contributed by atoms with Gasteiger partial charge >= 0.3 is 0 Å². The minimum atomic E-state index is -0.0572. The van der Waals surface area contributed by atoms with Gasteiger partial charge in [0.2, 0.25) is 11.8 Å². The smallest absolute Gasteiger partial charge is 0.227 e. The molecule has 0 bridgehead atoms. The van der Waals surface area contributed by atoms with E-state index >= 15 is 0 Å². The first-order chi connectivity index (χ1) is 12.1. The summed E-state index contributed by atoms with van der Waals surface area (Å²) in [6.45, 7) is 2.71.